The molecule has 8 nitrogen and oxygen atoms in total. The third kappa shape index (κ3) is 6.82. The van der Waals surface area contributed by atoms with Gasteiger partial charge in [-0.2, -0.15) is 4.98 Å². The minimum absolute atomic E-state index is 0.261. The Hall–Kier alpha value is -3.91. The van der Waals surface area contributed by atoms with Gasteiger partial charge in [-0.3, -0.25) is 4.79 Å². The van der Waals surface area contributed by atoms with E-state index < -0.39 is 0 Å². The number of methoxy groups -OCH3 is 1. The van der Waals surface area contributed by atoms with E-state index in [1.54, 1.807) is 30.5 Å². The molecule has 1 fully saturated rings. The molecular weight excluding hydrogens is 454 g/mol. The van der Waals surface area contributed by atoms with Gasteiger partial charge < -0.3 is 25.0 Å². The van der Waals surface area contributed by atoms with Crippen molar-refractivity contribution in [3.63, 3.8) is 0 Å². The number of anilines is 3. The Kier molecular flexibility index (Phi) is 8.52. The van der Waals surface area contributed by atoms with E-state index in [9.17, 15) is 4.79 Å². The lowest BCUT2D eigenvalue weighted by molar-refractivity contribution is -0.111. The molecule has 188 valence electrons. The van der Waals surface area contributed by atoms with Crippen LogP contribution in [0.1, 0.15) is 25.3 Å². The molecule has 3 aromatic rings. The van der Waals surface area contributed by atoms with Gasteiger partial charge in [-0.1, -0.05) is 31.7 Å². The maximum atomic E-state index is 11.6. The lowest BCUT2D eigenvalue weighted by Crippen LogP contribution is -2.21. The fourth-order valence-corrected chi connectivity index (χ4v) is 4.36. The summed E-state index contributed by atoms with van der Waals surface area (Å²) in [4.78, 5) is 23.0. The average Bonchev–Trinajstić information content (AvgIpc) is 3.32. The second-order valence-corrected chi connectivity index (χ2v) is 8.87. The van der Waals surface area contributed by atoms with Crippen LogP contribution in [-0.4, -0.2) is 47.5 Å². The highest BCUT2D eigenvalue weighted by atomic mass is 16.5. The van der Waals surface area contributed by atoms with Crippen LogP contribution in [0.5, 0.6) is 17.4 Å². The third-order valence-corrected chi connectivity index (χ3v) is 6.09. The van der Waals surface area contributed by atoms with Gasteiger partial charge in [-0.05, 0) is 74.2 Å². The van der Waals surface area contributed by atoms with Crippen LogP contribution in [0.4, 0.5) is 17.3 Å². The molecule has 0 radical (unpaired) electrons. The minimum atomic E-state index is -0.300. The number of nitrogens with one attached hydrogen (secondary N) is 2. The first-order chi connectivity index (χ1) is 17.6. The van der Waals surface area contributed by atoms with Crippen molar-refractivity contribution in [1.29, 1.82) is 0 Å². The van der Waals surface area contributed by atoms with Crippen LogP contribution in [0.3, 0.4) is 0 Å². The monoisotopic (exact) mass is 487 g/mol. The molecule has 36 heavy (non-hydrogen) atoms. The van der Waals surface area contributed by atoms with Crippen molar-refractivity contribution in [2.75, 3.05) is 37.4 Å². The zero-order valence-corrected chi connectivity index (χ0v) is 20.9. The first-order valence-corrected chi connectivity index (χ1v) is 12.3. The first kappa shape index (κ1) is 25.2. The van der Waals surface area contributed by atoms with E-state index in [0.717, 1.165) is 18.0 Å². The molecule has 0 aliphatic carbocycles. The predicted molar refractivity (Wildman–Crippen MR) is 142 cm³/mol. The molecule has 1 saturated heterocycles. The number of likely N-dealkylation sites (tertiary alicyclic amines) is 1. The number of carbonyl (C=O) groups excluding carboxylic acids is 1. The molecule has 2 aromatic carbocycles. The van der Waals surface area contributed by atoms with Gasteiger partial charge in [0.25, 0.3) is 5.88 Å². The number of amides is 1. The number of rotatable bonds is 11. The van der Waals surface area contributed by atoms with Gasteiger partial charge in [0.2, 0.25) is 11.9 Å². The number of carbonyl (C=O) groups is 1. The molecule has 0 spiro atoms. The Bertz CT molecular complexity index is 1180. The number of hydrogen-bond donors (Lipinski definition) is 2. The molecule has 1 aromatic heterocycles. The van der Waals surface area contributed by atoms with E-state index in [1.807, 2.05) is 12.1 Å². The summed E-state index contributed by atoms with van der Waals surface area (Å²) in [6.45, 7) is 9.31. The van der Waals surface area contributed by atoms with Crippen molar-refractivity contribution in [3.8, 4) is 17.4 Å². The summed E-state index contributed by atoms with van der Waals surface area (Å²) in [6.07, 6.45) is 6.36. The number of nitrogens with zero attached hydrogens (tertiary/aromatic N) is 3. The number of ether oxygens (including phenoxy) is 2. The Labute approximate surface area is 212 Å². The highest BCUT2D eigenvalue weighted by molar-refractivity contribution is 5.98. The summed E-state index contributed by atoms with van der Waals surface area (Å²) in [5.74, 6) is 1.96. The molecule has 0 saturated carbocycles. The predicted octanol–water partition coefficient (Wildman–Crippen LogP) is 5.42. The van der Waals surface area contributed by atoms with Gasteiger partial charge in [0.1, 0.15) is 5.75 Å². The van der Waals surface area contributed by atoms with Gasteiger partial charge in [0.15, 0.2) is 5.75 Å². The van der Waals surface area contributed by atoms with Crippen molar-refractivity contribution >= 4 is 23.2 Å². The molecule has 2 heterocycles. The Balaban J connectivity index is 1.41. The highest BCUT2D eigenvalue weighted by Crippen LogP contribution is 2.31. The molecule has 8 heteroatoms. The second kappa shape index (κ2) is 12.2. The molecule has 1 aliphatic rings. The van der Waals surface area contributed by atoms with Crippen molar-refractivity contribution < 1.29 is 14.3 Å². The summed E-state index contributed by atoms with van der Waals surface area (Å²) in [6, 6.07) is 15.4. The van der Waals surface area contributed by atoms with Crippen LogP contribution < -0.4 is 20.1 Å². The Morgan fingerprint density at radius 3 is 2.81 bits per heavy atom. The molecule has 2 N–H and O–H groups in total. The minimum Gasteiger partial charge on any atom is -0.490 e. The van der Waals surface area contributed by atoms with Crippen molar-refractivity contribution in [1.82, 2.24) is 14.9 Å². The summed E-state index contributed by atoms with van der Waals surface area (Å²) in [5, 5.41) is 5.95. The topological polar surface area (TPSA) is 88.6 Å². The second-order valence-electron chi connectivity index (χ2n) is 8.87. The summed E-state index contributed by atoms with van der Waals surface area (Å²) < 4.78 is 11.3. The molecular formula is C28H33N5O3. The summed E-state index contributed by atoms with van der Waals surface area (Å²) in [5.41, 5.74) is 2.81. The lowest BCUT2D eigenvalue weighted by atomic mass is 9.98. The molecule has 1 amide bonds. The fourth-order valence-electron chi connectivity index (χ4n) is 4.36. The largest absolute Gasteiger partial charge is 0.490 e. The van der Waals surface area contributed by atoms with Crippen LogP contribution in [0.2, 0.25) is 0 Å². The maximum absolute atomic E-state index is 11.6. The number of benzene rings is 2. The fraction of sp³-hybridized carbons (Fsp3) is 0.321. The van der Waals surface area contributed by atoms with Crippen LogP contribution in [0.25, 0.3) is 0 Å². The molecule has 1 atom stereocenters. The van der Waals surface area contributed by atoms with E-state index in [-0.39, 0.29) is 11.8 Å². The zero-order chi connectivity index (χ0) is 25.3. The van der Waals surface area contributed by atoms with E-state index >= 15 is 0 Å². The summed E-state index contributed by atoms with van der Waals surface area (Å²) >= 11 is 0. The SMILES string of the molecule is C=CC(=O)Nc1cccc(Oc2nc(Nc3ccc(C[C@H]4CCN(CCC)C4)cc3)ncc2OC)c1. The standard InChI is InChI=1S/C28H33N5O3/c1-4-14-33-15-13-21(19-33)16-20-9-11-22(12-10-20)31-28-29-18-25(35-3)27(32-28)36-24-8-6-7-23(17-24)30-26(34)5-2/h5-12,17-18,21H,2,4,13-16,19H2,1,3H3,(H,30,34)(H,29,31,32)/t21-/m1/s1. The number of hydrogen-bond acceptors (Lipinski definition) is 7. The van der Waals surface area contributed by atoms with Crippen molar-refractivity contribution in [2.45, 2.75) is 26.2 Å². The van der Waals surface area contributed by atoms with Crippen LogP contribution in [-0.2, 0) is 11.2 Å². The summed E-state index contributed by atoms with van der Waals surface area (Å²) in [7, 11) is 1.53. The molecule has 0 unspecified atom stereocenters. The zero-order valence-electron chi connectivity index (χ0n) is 20.9. The quantitative estimate of drug-likeness (QED) is 0.349. The third-order valence-electron chi connectivity index (χ3n) is 6.09. The van der Waals surface area contributed by atoms with Gasteiger partial charge in [0.05, 0.1) is 13.3 Å². The van der Waals surface area contributed by atoms with Crippen LogP contribution in [0.15, 0.2) is 67.4 Å². The van der Waals surface area contributed by atoms with E-state index in [2.05, 4.69) is 51.1 Å². The molecule has 1 aliphatic heterocycles. The highest BCUT2D eigenvalue weighted by Gasteiger charge is 2.21. The van der Waals surface area contributed by atoms with E-state index in [0.29, 0.717) is 23.1 Å². The van der Waals surface area contributed by atoms with E-state index in [4.69, 9.17) is 9.47 Å². The Morgan fingerprint density at radius 1 is 1.22 bits per heavy atom. The van der Waals surface area contributed by atoms with Gasteiger partial charge in [-0.25, -0.2) is 4.98 Å². The van der Waals surface area contributed by atoms with Crippen LogP contribution >= 0.6 is 0 Å². The smallest absolute Gasteiger partial charge is 0.267 e. The van der Waals surface area contributed by atoms with Gasteiger partial charge in [-0.15, -0.1) is 0 Å². The van der Waals surface area contributed by atoms with Crippen molar-refractivity contribution in [2.24, 2.45) is 5.92 Å². The average molecular weight is 488 g/mol. The van der Waals surface area contributed by atoms with Gasteiger partial charge >= 0.3 is 0 Å². The van der Waals surface area contributed by atoms with Crippen LogP contribution in [0, 0.1) is 5.92 Å². The molecule has 4 rings (SSSR count). The lowest BCUT2D eigenvalue weighted by Gasteiger charge is -2.15. The molecule has 0 bridgehead atoms. The Morgan fingerprint density at radius 2 is 2.06 bits per heavy atom. The van der Waals surface area contributed by atoms with E-state index in [1.165, 1.54) is 51.2 Å². The van der Waals surface area contributed by atoms with Gasteiger partial charge in [0, 0.05) is 24.0 Å². The maximum Gasteiger partial charge on any atom is 0.267 e. The number of aromatic nitrogens is 2. The normalized spacial score (nSPS) is 15.3. The first-order valence-electron chi connectivity index (χ1n) is 12.3. The van der Waals surface area contributed by atoms with Crippen molar-refractivity contribution in [3.05, 3.63) is 72.9 Å².